The van der Waals surface area contributed by atoms with Gasteiger partial charge in [-0.3, -0.25) is 0 Å². The Morgan fingerprint density at radius 2 is 1.61 bits per heavy atom. The van der Waals surface area contributed by atoms with Crippen LogP contribution in [0, 0.1) is 20.8 Å². The Hall–Kier alpha value is -1.18. The van der Waals surface area contributed by atoms with Crippen molar-refractivity contribution in [3.63, 3.8) is 0 Å². The second kappa shape index (κ2) is 4.18. The van der Waals surface area contributed by atoms with Crippen molar-refractivity contribution in [1.82, 2.24) is 0 Å². The zero-order valence-corrected chi connectivity index (χ0v) is 12.8. The summed E-state index contributed by atoms with van der Waals surface area (Å²) in [7, 11) is 4.24. The van der Waals surface area contributed by atoms with E-state index in [4.69, 9.17) is 4.74 Å². The van der Waals surface area contributed by atoms with Gasteiger partial charge in [0.05, 0.1) is 0 Å². The summed E-state index contributed by atoms with van der Waals surface area (Å²) < 4.78 is 6.23. The van der Waals surface area contributed by atoms with E-state index in [0.717, 1.165) is 18.6 Å². The lowest BCUT2D eigenvalue weighted by Gasteiger charge is -2.36. The van der Waals surface area contributed by atoms with Gasteiger partial charge in [-0.2, -0.15) is 0 Å². The molecule has 0 aliphatic carbocycles. The molecule has 0 saturated carbocycles. The minimum Gasteiger partial charge on any atom is -0.487 e. The first-order valence-corrected chi connectivity index (χ1v) is 6.73. The predicted molar refractivity (Wildman–Crippen MR) is 78.0 cm³/mol. The third-order valence-electron chi connectivity index (χ3n) is 4.14. The van der Waals surface area contributed by atoms with Crippen LogP contribution in [0.25, 0.3) is 0 Å². The van der Waals surface area contributed by atoms with Gasteiger partial charge < -0.3 is 9.64 Å². The molecular formula is C16H25NO. The third-order valence-corrected chi connectivity index (χ3v) is 4.14. The Morgan fingerprint density at radius 1 is 1.00 bits per heavy atom. The number of nitrogens with zero attached hydrogens (tertiary/aromatic N) is 1. The van der Waals surface area contributed by atoms with Crippen LogP contribution < -0.4 is 9.64 Å². The number of hydrogen-bond donors (Lipinski definition) is 0. The molecule has 0 radical (unpaired) electrons. The molecular weight excluding hydrogens is 222 g/mol. The standard InChI is InChI=1S/C16H25NO/c1-10-11(2)15-13(8-9-16(4,5)18-15)12(3)14(10)17(6)7/h8-9H2,1-7H3. The van der Waals surface area contributed by atoms with Gasteiger partial charge in [0, 0.05) is 19.8 Å². The summed E-state index contributed by atoms with van der Waals surface area (Å²) >= 11 is 0. The molecule has 2 heteroatoms. The molecule has 0 N–H and O–H groups in total. The van der Waals surface area contributed by atoms with Crippen LogP contribution in [0.1, 0.15) is 42.5 Å². The maximum atomic E-state index is 6.23. The van der Waals surface area contributed by atoms with Gasteiger partial charge in [0.15, 0.2) is 0 Å². The molecule has 2 rings (SSSR count). The van der Waals surface area contributed by atoms with E-state index < -0.39 is 0 Å². The first-order valence-electron chi connectivity index (χ1n) is 6.73. The van der Waals surface area contributed by atoms with Gasteiger partial charge in [-0.05, 0) is 69.7 Å². The van der Waals surface area contributed by atoms with E-state index in [1.165, 1.54) is 27.9 Å². The number of rotatable bonds is 1. The summed E-state index contributed by atoms with van der Waals surface area (Å²) in [6, 6.07) is 0. The highest BCUT2D eigenvalue weighted by molar-refractivity contribution is 5.68. The van der Waals surface area contributed by atoms with Crippen LogP contribution in [-0.4, -0.2) is 19.7 Å². The fourth-order valence-corrected chi connectivity index (χ4v) is 3.03. The second-order valence-corrected chi connectivity index (χ2v) is 6.29. The Kier molecular flexibility index (Phi) is 3.08. The topological polar surface area (TPSA) is 12.5 Å². The fraction of sp³-hybridized carbons (Fsp3) is 0.625. The maximum absolute atomic E-state index is 6.23. The van der Waals surface area contributed by atoms with Crippen molar-refractivity contribution >= 4 is 5.69 Å². The minimum absolute atomic E-state index is 0.0315. The summed E-state index contributed by atoms with van der Waals surface area (Å²) in [4.78, 5) is 2.22. The molecule has 0 atom stereocenters. The maximum Gasteiger partial charge on any atom is 0.126 e. The first-order chi connectivity index (χ1) is 8.24. The molecule has 1 heterocycles. The van der Waals surface area contributed by atoms with Crippen LogP contribution in [0.15, 0.2) is 0 Å². The Labute approximate surface area is 111 Å². The monoisotopic (exact) mass is 247 g/mol. The van der Waals surface area contributed by atoms with Crippen LogP contribution in [-0.2, 0) is 6.42 Å². The van der Waals surface area contributed by atoms with Crippen molar-refractivity contribution in [2.24, 2.45) is 0 Å². The molecule has 0 unspecified atom stereocenters. The van der Waals surface area contributed by atoms with Crippen LogP contribution in [0.2, 0.25) is 0 Å². The molecule has 0 spiro atoms. The Morgan fingerprint density at radius 3 is 2.17 bits per heavy atom. The quantitative estimate of drug-likeness (QED) is 0.749. The van der Waals surface area contributed by atoms with Gasteiger partial charge in [-0.25, -0.2) is 0 Å². The molecule has 0 amide bonds. The van der Waals surface area contributed by atoms with Crippen molar-refractivity contribution in [2.45, 2.75) is 53.1 Å². The number of ether oxygens (including phenoxy) is 1. The lowest BCUT2D eigenvalue weighted by Crippen LogP contribution is -2.33. The van der Waals surface area contributed by atoms with Crippen LogP contribution in [0.3, 0.4) is 0 Å². The molecule has 0 aromatic heterocycles. The van der Waals surface area contributed by atoms with Gasteiger partial charge >= 0.3 is 0 Å². The first kappa shape index (κ1) is 13.3. The zero-order valence-electron chi connectivity index (χ0n) is 12.8. The average Bonchev–Trinajstić information content (AvgIpc) is 2.24. The average molecular weight is 247 g/mol. The second-order valence-electron chi connectivity index (χ2n) is 6.29. The van der Waals surface area contributed by atoms with Gasteiger partial charge in [0.25, 0.3) is 0 Å². The van der Waals surface area contributed by atoms with Crippen molar-refractivity contribution < 1.29 is 4.74 Å². The molecule has 1 aliphatic heterocycles. The number of anilines is 1. The Bertz CT molecular complexity index is 487. The number of benzene rings is 1. The highest BCUT2D eigenvalue weighted by Crippen LogP contribution is 2.43. The van der Waals surface area contributed by atoms with Crippen molar-refractivity contribution in [1.29, 1.82) is 0 Å². The highest BCUT2D eigenvalue weighted by Gasteiger charge is 2.30. The van der Waals surface area contributed by atoms with E-state index in [0.29, 0.717) is 0 Å². The van der Waals surface area contributed by atoms with E-state index in [2.05, 4.69) is 53.6 Å². The summed E-state index contributed by atoms with van der Waals surface area (Å²) in [5.41, 5.74) is 6.75. The smallest absolute Gasteiger partial charge is 0.126 e. The predicted octanol–water partition coefficient (Wildman–Crippen LogP) is 3.78. The number of hydrogen-bond acceptors (Lipinski definition) is 2. The van der Waals surface area contributed by atoms with E-state index in [-0.39, 0.29) is 5.60 Å². The van der Waals surface area contributed by atoms with E-state index >= 15 is 0 Å². The van der Waals surface area contributed by atoms with E-state index in [1.807, 2.05) is 0 Å². The number of fused-ring (bicyclic) bond motifs is 1. The van der Waals surface area contributed by atoms with Gasteiger partial charge in [-0.15, -0.1) is 0 Å². The van der Waals surface area contributed by atoms with Crippen molar-refractivity contribution in [3.8, 4) is 5.75 Å². The van der Waals surface area contributed by atoms with Gasteiger partial charge in [0.2, 0.25) is 0 Å². The van der Waals surface area contributed by atoms with E-state index in [1.54, 1.807) is 0 Å². The molecule has 1 aromatic rings. The summed E-state index contributed by atoms with van der Waals surface area (Å²) in [6.07, 6.45) is 2.21. The summed E-state index contributed by atoms with van der Waals surface area (Å²) in [5, 5.41) is 0. The molecule has 1 aromatic carbocycles. The van der Waals surface area contributed by atoms with Crippen LogP contribution in [0.4, 0.5) is 5.69 Å². The van der Waals surface area contributed by atoms with Gasteiger partial charge in [-0.1, -0.05) is 0 Å². The highest BCUT2D eigenvalue weighted by atomic mass is 16.5. The molecule has 18 heavy (non-hydrogen) atoms. The van der Waals surface area contributed by atoms with Crippen molar-refractivity contribution in [3.05, 3.63) is 22.3 Å². The molecule has 0 saturated heterocycles. The third kappa shape index (κ3) is 1.98. The summed E-state index contributed by atoms with van der Waals surface area (Å²) in [6.45, 7) is 11.0. The minimum atomic E-state index is -0.0315. The zero-order chi connectivity index (χ0) is 13.7. The largest absolute Gasteiger partial charge is 0.487 e. The Balaban J connectivity index is 2.67. The van der Waals surface area contributed by atoms with Crippen LogP contribution >= 0.6 is 0 Å². The van der Waals surface area contributed by atoms with Crippen molar-refractivity contribution in [2.75, 3.05) is 19.0 Å². The molecule has 2 nitrogen and oxygen atoms in total. The molecule has 100 valence electrons. The van der Waals surface area contributed by atoms with E-state index in [9.17, 15) is 0 Å². The van der Waals surface area contributed by atoms with Gasteiger partial charge in [0.1, 0.15) is 11.4 Å². The normalized spacial score (nSPS) is 17.1. The SMILES string of the molecule is Cc1c(C)c(N(C)C)c(C)c2c1OC(C)(C)CC2. The lowest BCUT2D eigenvalue weighted by molar-refractivity contribution is 0.0834. The fourth-order valence-electron chi connectivity index (χ4n) is 3.03. The molecule has 1 aliphatic rings. The van der Waals surface area contributed by atoms with Crippen LogP contribution in [0.5, 0.6) is 5.75 Å². The molecule has 0 bridgehead atoms. The lowest BCUT2D eigenvalue weighted by atomic mass is 9.87. The summed E-state index contributed by atoms with van der Waals surface area (Å²) in [5.74, 6) is 1.13. The molecule has 0 fully saturated rings.